The van der Waals surface area contributed by atoms with Crippen molar-refractivity contribution >= 4 is 15.9 Å². The molecule has 0 unspecified atom stereocenters. The van der Waals surface area contributed by atoms with Crippen molar-refractivity contribution in [3.63, 3.8) is 0 Å². The molecule has 0 aliphatic heterocycles. The highest BCUT2D eigenvalue weighted by Gasteiger charge is 2.24. The second-order valence-electron chi connectivity index (χ2n) is 5.85. The first-order valence-electron chi connectivity index (χ1n) is 8.93. The maximum Gasteiger partial charge on any atom is 0.251 e. The minimum absolute atomic E-state index is 0.201. The summed E-state index contributed by atoms with van der Waals surface area (Å²) in [5.41, 5.74) is 1.02. The lowest BCUT2D eigenvalue weighted by molar-refractivity contribution is 0.0948. The van der Waals surface area contributed by atoms with Crippen molar-refractivity contribution in [3.05, 3.63) is 29.3 Å². The van der Waals surface area contributed by atoms with E-state index in [1.54, 1.807) is 32.9 Å². The van der Waals surface area contributed by atoms with Gasteiger partial charge in [0.25, 0.3) is 5.91 Å². The molecule has 0 atom stereocenters. The standard InChI is InChI=1S/C18H31N3O3S/c1-6-20(7-2)13-12-19-18(22)16-11-10-15(5)17(14-16)25(23,24)21(8-3)9-4/h10-11,14H,6-9,12-13H2,1-5H3,(H,19,22). The maximum absolute atomic E-state index is 12.8. The van der Waals surface area contributed by atoms with Gasteiger partial charge in [0.2, 0.25) is 10.0 Å². The normalized spacial score (nSPS) is 12.0. The summed E-state index contributed by atoms with van der Waals surface area (Å²) in [6.45, 7) is 13.5. The van der Waals surface area contributed by atoms with Crippen LogP contribution in [0, 0.1) is 6.92 Å². The van der Waals surface area contributed by atoms with Crippen LogP contribution in [0.5, 0.6) is 0 Å². The molecule has 0 fully saturated rings. The van der Waals surface area contributed by atoms with Gasteiger partial charge in [0, 0.05) is 31.7 Å². The largest absolute Gasteiger partial charge is 0.351 e. The lowest BCUT2D eigenvalue weighted by Gasteiger charge is -2.20. The van der Waals surface area contributed by atoms with Gasteiger partial charge in [-0.15, -0.1) is 0 Å². The van der Waals surface area contributed by atoms with Gasteiger partial charge in [0.1, 0.15) is 0 Å². The zero-order chi connectivity index (χ0) is 19.0. The minimum atomic E-state index is -3.58. The monoisotopic (exact) mass is 369 g/mol. The van der Waals surface area contributed by atoms with Gasteiger partial charge >= 0.3 is 0 Å². The van der Waals surface area contributed by atoms with Crippen LogP contribution in [-0.2, 0) is 10.0 Å². The lowest BCUT2D eigenvalue weighted by Crippen LogP contribution is -2.35. The molecule has 0 aromatic heterocycles. The topological polar surface area (TPSA) is 69.7 Å². The molecular formula is C18H31N3O3S. The average Bonchev–Trinajstić information content (AvgIpc) is 2.59. The summed E-state index contributed by atoms with van der Waals surface area (Å²) < 4.78 is 26.9. The van der Waals surface area contributed by atoms with Gasteiger partial charge in [-0.1, -0.05) is 33.8 Å². The number of benzene rings is 1. The number of hydrogen-bond acceptors (Lipinski definition) is 4. The van der Waals surface area contributed by atoms with Crippen LogP contribution < -0.4 is 5.32 Å². The molecule has 0 radical (unpaired) electrons. The van der Waals surface area contributed by atoms with Crippen LogP contribution in [0.3, 0.4) is 0 Å². The number of rotatable bonds is 10. The van der Waals surface area contributed by atoms with Crippen LogP contribution in [-0.4, -0.2) is 62.8 Å². The Kier molecular flexibility index (Phi) is 8.55. The molecule has 0 heterocycles. The second kappa shape index (κ2) is 9.89. The minimum Gasteiger partial charge on any atom is -0.351 e. The van der Waals surface area contributed by atoms with Crippen molar-refractivity contribution in [1.29, 1.82) is 0 Å². The van der Waals surface area contributed by atoms with Crippen LogP contribution in [0.25, 0.3) is 0 Å². The zero-order valence-electron chi connectivity index (χ0n) is 16.0. The molecule has 0 saturated heterocycles. The van der Waals surface area contributed by atoms with Crippen LogP contribution in [0.4, 0.5) is 0 Å². The molecule has 0 aliphatic rings. The molecule has 25 heavy (non-hydrogen) atoms. The van der Waals surface area contributed by atoms with Gasteiger partial charge in [-0.05, 0) is 37.7 Å². The highest BCUT2D eigenvalue weighted by molar-refractivity contribution is 7.89. The molecule has 6 nitrogen and oxygen atoms in total. The summed E-state index contributed by atoms with van der Waals surface area (Å²) in [6, 6.07) is 4.84. The molecule has 1 rings (SSSR count). The molecule has 1 aromatic carbocycles. The van der Waals surface area contributed by atoms with Crippen LogP contribution in [0.2, 0.25) is 0 Å². The first-order valence-corrected chi connectivity index (χ1v) is 10.4. The quantitative estimate of drug-likeness (QED) is 0.686. The smallest absolute Gasteiger partial charge is 0.251 e. The fraction of sp³-hybridized carbons (Fsp3) is 0.611. The fourth-order valence-corrected chi connectivity index (χ4v) is 4.40. The third kappa shape index (κ3) is 5.52. The van der Waals surface area contributed by atoms with Gasteiger partial charge < -0.3 is 10.2 Å². The molecule has 1 amide bonds. The highest BCUT2D eigenvalue weighted by atomic mass is 32.2. The summed E-state index contributed by atoms with van der Waals surface area (Å²) in [6.07, 6.45) is 0. The van der Waals surface area contributed by atoms with E-state index in [4.69, 9.17) is 0 Å². The number of sulfonamides is 1. The number of carbonyl (C=O) groups excluding carboxylic acids is 1. The van der Waals surface area contributed by atoms with Crippen molar-refractivity contribution < 1.29 is 13.2 Å². The average molecular weight is 370 g/mol. The number of nitrogens with zero attached hydrogens (tertiary/aromatic N) is 2. The van der Waals surface area contributed by atoms with Gasteiger partial charge in [-0.3, -0.25) is 4.79 Å². The summed E-state index contributed by atoms with van der Waals surface area (Å²) in [5.74, 6) is -0.247. The Labute approximate surface area is 152 Å². The van der Waals surface area contributed by atoms with E-state index in [-0.39, 0.29) is 10.8 Å². The van der Waals surface area contributed by atoms with E-state index in [1.165, 1.54) is 10.4 Å². The Morgan fingerprint density at radius 1 is 1.04 bits per heavy atom. The summed E-state index contributed by atoms with van der Waals surface area (Å²) in [7, 11) is -3.58. The number of carbonyl (C=O) groups is 1. The summed E-state index contributed by atoms with van der Waals surface area (Å²) >= 11 is 0. The van der Waals surface area contributed by atoms with Gasteiger partial charge in [0.05, 0.1) is 4.90 Å². The molecule has 7 heteroatoms. The molecule has 142 valence electrons. The SMILES string of the molecule is CCN(CC)CCNC(=O)c1ccc(C)c(S(=O)(=O)N(CC)CC)c1. The van der Waals surface area contributed by atoms with E-state index in [0.717, 1.165) is 19.6 Å². The maximum atomic E-state index is 12.8. The zero-order valence-corrected chi connectivity index (χ0v) is 16.8. The first kappa shape index (κ1) is 21.6. The van der Waals surface area contributed by atoms with E-state index >= 15 is 0 Å². The number of hydrogen-bond donors (Lipinski definition) is 1. The van der Waals surface area contributed by atoms with Crippen molar-refractivity contribution in [1.82, 2.24) is 14.5 Å². The van der Waals surface area contributed by atoms with Gasteiger partial charge in [0.15, 0.2) is 0 Å². The molecule has 0 saturated carbocycles. The predicted molar refractivity (Wildman–Crippen MR) is 101 cm³/mol. The highest BCUT2D eigenvalue weighted by Crippen LogP contribution is 2.21. The van der Waals surface area contributed by atoms with Gasteiger partial charge in [-0.25, -0.2) is 8.42 Å². The Balaban J connectivity index is 2.95. The third-order valence-electron chi connectivity index (χ3n) is 4.38. The second-order valence-corrected chi connectivity index (χ2v) is 7.76. The van der Waals surface area contributed by atoms with E-state index in [0.29, 0.717) is 30.8 Å². The number of nitrogens with one attached hydrogen (secondary N) is 1. The van der Waals surface area contributed by atoms with Crippen molar-refractivity contribution in [2.45, 2.75) is 39.5 Å². The molecule has 1 aromatic rings. The number of aryl methyl sites for hydroxylation is 1. The third-order valence-corrected chi connectivity index (χ3v) is 6.57. The Bertz CT molecular complexity index is 666. The molecule has 1 N–H and O–H groups in total. The van der Waals surface area contributed by atoms with E-state index in [9.17, 15) is 13.2 Å². The van der Waals surface area contributed by atoms with Crippen LogP contribution >= 0.6 is 0 Å². The van der Waals surface area contributed by atoms with Crippen molar-refractivity contribution in [2.75, 3.05) is 39.3 Å². The summed E-state index contributed by atoms with van der Waals surface area (Å²) in [5, 5.41) is 2.86. The summed E-state index contributed by atoms with van der Waals surface area (Å²) in [4.78, 5) is 14.8. The fourth-order valence-electron chi connectivity index (χ4n) is 2.69. The first-order chi connectivity index (χ1) is 11.8. The molecule has 0 spiro atoms. The van der Waals surface area contributed by atoms with E-state index < -0.39 is 10.0 Å². The Morgan fingerprint density at radius 3 is 2.16 bits per heavy atom. The predicted octanol–water partition coefficient (Wildman–Crippen LogP) is 2.10. The van der Waals surface area contributed by atoms with E-state index in [2.05, 4.69) is 24.1 Å². The van der Waals surface area contributed by atoms with Crippen LogP contribution in [0.1, 0.15) is 43.6 Å². The van der Waals surface area contributed by atoms with Crippen LogP contribution in [0.15, 0.2) is 23.1 Å². The van der Waals surface area contributed by atoms with Gasteiger partial charge in [-0.2, -0.15) is 4.31 Å². The molecule has 0 bridgehead atoms. The Morgan fingerprint density at radius 2 is 1.64 bits per heavy atom. The molecular weight excluding hydrogens is 338 g/mol. The lowest BCUT2D eigenvalue weighted by atomic mass is 10.1. The molecule has 0 aliphatic carbocycles. The number of likely N-dealkylation sites (N-methyl/N-ethyl adjacent to an activating group) is 1. The number of amides is 1. The van der Waals surface area contributed by atoms with Crippen molar-refractivity contribution in [2.24, 2.45) is 0 Å². The Hall–Kier alpha value is -1.44. The van der Waals surface area contributed by atoms with Crippen molar-refractivity contribution in [3.8, 4) is 0 Å². The van der Waals surface area contributed by atoms with E-state index in [1.807, 2.05) is 0 Å².